The molecule has 0 unspecified atom stereocenters. The summed E-state index contributed by atoms with van der Waals surface area (Å²) in [6.07, 6.45) is 4.88. The number of aryl methyl sites for hydroxylation is 3. The average Bonchev–Trinajstić information content (AvgIpc) is 3.52. The van der Waals surface area contributed by atoms with Crippen LogP contribution < -0.4 is 4.74 Å². The highest BCUT2D eigenvalue weighted by atomic mass is 16.5. The maximum absolute atomic E-state index is 12.6. The number of carbonyl (C=O) groups excluding carboxylic acids is 1. The molecule has 0 bridgehead atoms. The Morgan fingerprint density at radius 1 is 1.10 bits per heavy atom. The molecule has 4 rings (SSSR count). The second-order valence-corrected chi connectivity index (χ2v) is 8.56. The van der Waals surface area contributed by atoms with Gasteiger partial charge in [-0.1, -0.05) is 30.7 Å². The lowest BCUT2D eigenvalue weighted by atomic mass is 9.99. The fourth-order valence-electron chi connectivity index (χ4n) is 3.92. The van der Waals surface area contributed by atoms with Crippen molar-refractivity contribution in [2.24, 2.45) is 0 Å². The third-order valence-electron chi connectivity index (χ3n) is 5.78. The molecule has 162 valence electrons. The van der Waals surface area contributed by atoms with Crippen LogP contribution in [0.25, 0.3) is 11.4 Å². The van der Waals surface area contributed by atoms with E-state index >= 15 is 0 Å². The number of rotatable bonds is 10. The van der Waals surface area contributed by atoms with Gasteiger partial charge >= 0.3 is 0 Å². The zero-order valence-corrected chi connectivity index (χ0v) is 18.7. The molecule has 0 saturated heterocycles. The maximum Gasteiger partial charge on any atom is 0.164 e. The maximum atomic E-state index is 12.6. The van der Waals surface area contributed by atoms with Crippen molar-refractivity contribution in [2.45, 2.75) is 65.3 Å². The Labute approximate surface area is 184 Å². The van der Waals surface area contributed by atoms with Gasteiger partial charge in [0, 0.05) is 30.9 Å². The van der Waals surface area contributed by atoms with Gasteiger partial charge in [0.25, 0.3) is 0 Å². The van der Waals surface area contributed by atoms with Gasteiger partial charge in [0.05, 0.1) is 6.61 Å². The Kier molecular flexibility index (Phi) is 6.50. The van der Waals surface area contributed by atoms with E-state index in [1.807, 2.05) is 24.3 Å². The lowest BCUT2D eigenvalue weighted by molar-refractivity contribution is -0.118. The molecule has 1 aliphatic rings. The molecule has 0 aliphatic heterocycles. The fourth-order valence-corrected chi connectivity index (χ4v) is 3.92. The van der Waals surface area contributed by atoms with Gasteiger partial charge in [0.15, 0.2) is 5.82 Å². The number of hydrogen-bond donors (Lipinski definition) is 0. The van der Waals surface area contributed by atoms with Crippen molar-refractivity contribution in [3.63, 3.8) is 0 Å². The van der Waals surface area contributed by atoms with Gasteiger partial charge in [-0.2, -0.15) is 0 Å². The second kappa shape index (κ2) is 9.46. The zero-order chi connectivity index (χ0) is 21.8. The van der Waals surface area contributed by atoms with Crippen LogP contribution in [-0.2, 0) is 17.6 Å². The molecule has 0 atom stereocenters. The predicted molar refractivity (Wildman–Crippen MR) is 122 cm³/mol. The van der Waals surface area contributed by atoms with E-state index in [-0.39, 0.29) is 5.78 Å². The van der Waals surface area contributed by atoms with Gasteiger partial charge in [-0.05, 0) is 68.5 Å². The summed E-state index contributed by atoms with van der Waals surface area (Å²) in [5, 5.41) is 8.95. The van der Waals surface area contributed by atoms with E-state index in [0.717, 1.165) is 54.4 Å². The van der Waals surface area contributed by atoms with Crippen LogP contribution >= 0.6 is 0 Å². The molecule has 31 heavy (non-hydrogen) atoms. The quantitative estimate of drug-likeness (QED) is 0.441. The van der Waals surface area contributed by atoms with Gasteiger partial charge in [-0.3, -0.25) is 4.79 Å². The molecule has 1 aromatic heterocycles. The Hall–Kier alpha value is -2.95. The predicted octanol–water partition coefficient (Wildman–Crippen LogP) is 5.43. The highest BCUT2D eigenvalue weighted by molar-refractivity contribution is 5.81. The summed E-state index contributed by atoms with van der Waals surface area (Å²) in [6.45, 7) is 6.97. The van der Waals surface area contributed by atoms with Gasteiger partial charge in [0.1, 0.15) is 17.4 Å². The van der Waals surface area contributed by atoms with Crippen molar-refractivity contribution in [3.05, 3.63) is 65.0 Å². The normalized spacial score (nSPS) is 13.4. The fraction of sp³-hybridized carbons (Fsp3) is 0.423. The van der Waals surface area contributed by atoms with Crippen LogP contribution in [0, 0.1) is 13.8 Å². The monoisotopic (exact) mass is 417 g/mol. The number of carbonyl (C=O) groups is 1. The molecule has 1 heterocycles. The van der Waals surface area contributed by atoms with Gasteiger partial charge in [-0.25, -0.2) is 0 Å². The number of hydrogen-bond acceptors (Lipinski definition) is 4. The van der Waals surface area contributed by atoms with Crippen LogP contribution in [0.3, 0.4) is 0 Å². The molecule has 3 aromatic rings. The highest BCUT2D eigenvalue weighted by Gasteiger charge is 2.30. The van der Waals surface area contributed by atoms with Crippen LogP contribution in [-0.4, -0.2) is 27.2 Å². The standard InChI is InChI=1S/C26H31N3O2/c1-4-15-31-24-12-7-20(8-13-24)26-28-27-25(29(26)22-9-10-22)14-11-23(30)17-21-6-5-18(2)16-19(21)3/h5-8,12-13,16,22H,4,9-11,14-15,17H2,1-3H3. The number of ketones is 1. The van der Waals surface area contributed by atoms with Crippen LogP contribution in [0.4, 0.5) is 0 Å². The van der Waals surface area contributed by atoms with Crippen LogP contribution in [0.1, 0.15) is 61.2 Å². The van der Waals surface area contributed by atoms with E-state index in [2.05, 4.69) is 53.7 Å². The molecule has 1 fully saturated rings. The van der Waals surface area contributed by atoms with E-state index in [9.17, 15) is 4.79 Å². The Balaban J connectivity index is 1.44. The van der Waals surface area contributed by atoms with Crippen LogP contribution in [0.2, 0.25) is 0 Å². The summed E-state index contributed by atoms with van der Waals surface area (Å²) in [5.74, 6) is 2.93. The number of ether oxygens (including phenoxy) is 1. The second-order valence-electron chi connectivity index (χ2n) is 8.56. The molecular weight excluding hydrogens is 386 g/mol. The summed E-state index contributed by atoms with van der Waals surface area (Å²) in [5.41, 5.74) is 4.56. The van der Waals surface area contributed by atoms with Crippen LogP contribution in [0.15, 0.2) is 42.5 Å². The Morgan fingerprint density at radius 2 is 1.87 bits per heavy atom. The average molecular weight is 418 g/mol. The number of benzene rings is 2. The first-order valence-corrected chi connectivity index (χ1v) is 11.3. The lowest BCUT2D eigenvalue weighted by Crippen LogP contribution is -2.09. The van der Waals surface area contributed by atoms with E-state index in [1.54, 1.807) is 0 Å². The summed E-state index contributed by atoms with van der Waals surface area (Å²) in [7, 11) is 0. The Bertz CT molecular complexity index is 1050. The molecule has 1 aliphatic carbocycles. The van der Waals surface area contributed by atoms with Crippen molar-refractivity contribution in [1.29, 1.82) is 0 Å². The molecule has 0 N–H and O–H groups in total. The summed E-state index contributed by atoms with van der Waals surface area (Å²) >= 11 is 0. The van der Waals surface area contributed by atoms with Gasteiger partial charge < -0.3 is 9.30 Å². The van der Waals surface area contributed by atoms with E-state index < -0.39 is 0 Å². The minimum Gasteiger partial charge on any atom is -0.494 e. The molecule has 0 spiro atoms. The molecular formula is C26H31N3O2. The smallest absolute Gasteiger partial charge is 0.164 e. The molecule has 5 nitrogen and oxygen atoms in total. The number of nitrogens with zero attached hydrogens (tertiary/aromatic N) is 3. The third kappa shape index (κ3) is 5.22. The van der Waals surface area contributed by atoms with E-state index in [1.165, 1.54) is 11.1 Å². The topological polar surface area (TPSA) is 57.0 Å². The lowest BCUT2D eigenvalue weighted by Gasteiger charge is -2.10. The largest absolute Gasteiger partial charge is 0.494 e. The first-order valence-electron chi connectivity index (χ1n) is 11.3. The number of aromatic nitrogens is 3. The van der Waals surface area contributed by atoms with Gasteiger partial charge in [0.2, 0.25) is 0 Å². The van der Waals surface area contributed by atoms with E-state index in [4.69, 9.17) is 4.74 Å². The molecule has 5 heteroatoms. The minimum atomic E-state index is 0.247. The molecule has 2 aromatic carbocycles. The van der Waals surface area contributed by atoms with Crippen molar-refractivity contribution in [2.75, 3.05) is 6.61 Å². The molecule has 0 radical (unpaired) electrons. The van der Waals surface area contributed by atoms with Crippen molar-refractivity contribution >= 4 is 5.78 Å². The van der Waals surface area contributed by atoms with Gasteiger partial charge in [-0.15, -0.1) is 10.2 Å². The SMILES string of the molecule is CCCOc1ccc(-c2nnc(CCC(=O)Cc3ccc(C)cc3C)n2C2CC2)cc1. The van der Waals surface area contributed by atoms with Crippen molar-refractivity contribution < 1.29 is 9.53 Å². The third-order valence-corrected chi connectivity index (χ3v) is 5.78. The highest BCUT2D eigenvalue weighted by Crippen LogP contribution is 2.39. The summed E-state index contributed by atoms with van der Waals surface area (Å²) < 4.78 is 7.93. The van der Waals surface area contributed by atoms with Crippen molar-refractivity contribution in [1.82, 2.24) is 14.8 Å². The Morgan fingerprint density at radius 3 is 2.55 bits per heavy atom. The first-order chi connectivity index (χ1) is 15.0. The summed E-state index contributed by atoms with van der Waals surface area (Å²) in [6, 6.07) is 14.8. The molecule has 0 amide bonds. The summed E-state index contributed by atoms with van der Waals surface area (Å²) in [4.78, 5) is 12.6. The van der Waals surface area contributed by atoms with E-state index in [0.29, 0.717) is 25.3 Å². The van der Waals surface area contributed by atoms with Crippen molar-refractivity contribution in [3.8, 4) is 17.1 Å². The number of Topliss-reactive ketones (excluding diaryl/α,β-unsaturated/α-hetero) is 1. The van der Waals surface area contributed by atoms with Crippen LogP contribution in [0.5, 0.6) is 5.75 Å². The minimum absolute atomic E-state index is 0.247. The zero-order valence-electron chi connectivity index (χ0n) is 18.7. The first kappa shape index (κ1) is 21.3. The molecule has 1 saturated carbocycles.